The van der Waals surface area contributed by atoms with Gasteiger partial charge in [0.25, 0.3) is 0 Å². The summed E-state index contributed by atoms with van der Waals surface area (Å²) in [4.78, 5) is 0. The van der Waals surface area contributed by atoms with Gasteiger partial charge >= 0.3 is 0 Å². The van der Waals surface area contributed by atoms with Crippen LogP contribution in [0.2, 0.25) is 0 Å². The van der Waals surface area contributed by atoms with Gasteiger partial charge in [0.2, 0.25) is 0 Å². The van der Waals surface area contributed by atoms with Crippen LogP contribution in [-0.4, -0.2) is 50.7 Å². The first-order chi connectivity index (χ1) is 8.97. The second-order valence-electron chi connectivity index (χ2n) is 6.52. The molecule has 1 aliphatic rings. The van der Waals surface area contributed by atoms with Crippen molar-refractivity contribution in [2.24, 2.45) is 5.41 Å². The van der Waals surface area contributed by atoms with E-state index >= 15 is 0 Å². The van der Waals surface area contributed by atoms with E-state index in [-0.39, 0.29) is 0 Å². The van der Waals surface area contributed by atoms with Crippen LogP contribution in [0.15, 0.2) is 0 Å². The normalized spacial score (nSPS) is 21.5. The molecule has 0 radical (unpaired) electrons. The molecule has 0 aromatic rings. The van der Waals surface area contributed by atoms with Crippen molar-refractivity contribution >= 4 is 0 Å². The van der Waals surface area contributed by atoms with Crippen molar-refractivity contribution < 1.29 is 14.6 Å². The van der Waals surface area contributed by atoms with Gasteiger partial charge in [-0.1, -0.05) is 13.8 Å². The Morgan fingerprint density at radius 2 is 1.74 bits per heavy atom. The van der Waals surface area contributed by atoms with Gasteiger partial charge in [-0.15, -0.1) is 0 Å². The molecule has 2 N–H and O–H groups in total. The minimum absolute atomic E-state index is 0.399. The van der Waals surface area contributed by atoms with E-state index in [2.05, 4.69) is 19.2 Å². The second kappa shape index (κ2) is 8.20. The zero-order valence-corrected chi connectivity index (χ0v) is 12.8. The SMILES string of the molecule is COCCCOCCNCC1(O)CCC(C)(C)CC1. The Labute approximate surface area is 117 Å². The third kappa shape index (κ3) is 7.25. The van der Waals surface area contributed by atoms with Crippen molar-refractivity contribution in [3.05, 3.63) is 0 Å². The zero-order valence-electron chi connectivity index (χ0n) is 12.8. The van der Waals surface area contributed by atoms with Gasteiger partial charge in [0.1, 0.15) is 0 Å². The van der Waals surface area contributed by atoms with E-state index in [1.165, 1.54) is 0 Å². The van der Waals surface area contributed by atoms with E-state index in [1.54, 1.807) is 7.11 Å². The van der Waals surface area contributed by atoms with Gasteiger partial charge in [-0.3, -0.25) is 0 Å². The first kappa shape index (κ1) is 16.9. The number of hydrogen-bond acceptors (Lipinski definition) is 4. The number of ether oxygens (including phenoxy) is 2. The summed E-state index contributed by atoms with van der Waals surface area (Å²) in [5.74, 6) is 0. The summed E-state index contributed by atoms with van der Waals surface area (Å²) in [6, 6.07) is 0. The maximum atomic E-state index is 10.5. The van der Waals surface area contributed by atoms with Crippen molar-refractivity contribution in [1.82, 2.24) is 5.32 Å². The number of methoxy groups -OCH3 is 1. The van der Waals surface area contributed by atoms with E-state index in [9.17, 15) is 5.11 Å². The predicted molar refractivity (Wildman–Crippen MR) is 77.4 cm³/mol. The average Bonchev–Trinajstić information content (AvgIpc) is 2.37. The molecule has 0 aromatic heterocycles. The largest absolute Gasteiger partial charge is 0.389 e. The third-order valence-corrected chi connectivity index (χ3v) is 4.05. The molecule has 0 spiro atoms. The number of rotatable bonds is 9. The summed E-state index contributed by atoms with van der Waals surface area (Å²) < 4.78 is 10.4. The molecule has 0 aromatic carbocycles. The van der Waals surface area contributed by atoms with Crippen LogP contribution in [0.25, 0.3) is 0 Å². The van der Waals surface area contributed by atoms with Crippen LogP contribution in [0.3, 0.4) is 0 Å². The van der Waals surface area contributed by atoms with Crippen LogP contribution in [0.1, 0.15) is 46.0 Å². The van der Waals surface area contributed by atoms with Gasteiger partial charge in [0.15, 0.2) is 0 Å². The van der Waals surface area contributed by atoms with Gasteiger partial charge in [0.05, 0.1) is 12.2 Å². The van der Waals surface area contributed by atoms with Crippen LogP contribution in [0.4, 0.5) is 0 Å². The maximum Gasteiger partial charge on any atom is 0.0772 e. The lowest BCUT2D eigenvalue weighted by Crippen LogP contribution is -2.45. The molecule has 19 heavy (non-hydrogen) atoms. The molecule has 0 heterocycles. The van der Waals surface area contributed by atoms with Crippen LogP contribution in [0.5, 0.6) is 0 Å². The zero-order chi connectivity index (χ0) is 14.2. The topological polar surface area (TPSA) is 50.7 Å². The van der Waals surface area contributed by atoms with Crippen LogP contribution in [-0.2, 0) is 9.47 Å². The molecule has 0 atom stereocenters. The molecule has 0 unspecified atom stereocenters. The van der Waals surface area contributed by atoms with E-state index in [0.29, 0.717) is 18.6 Å². The van der Waals surface area contributed by atoms with Crippen molar-refractivity contribution in [1.29, 1.82) is 0 Å². The van der Waals surface area contributed by atoms with Crippen molar-refractivity contribution in [3.63, 3.8) is 0 Å². The van der Waals surface area contributed by atoms with E-state index < -0.39 is 5.60 Å². The highest BCUT2D eigenvalue weighted by Gasteiger charge is 2.36. The molecular formula is C15H31NO3. The van der Waals surface area contributed by atoms with Gasteiger partial charge in [-0.05, 0) is 37.5 Å². The molecular weight excluding hydrogens is 242 g/mol. The molecule has 1 rings (SSSR count). The van der Waals surface area contributed by atoms with Crippen LogP contribution < -0.4 is 5.32 Å². The minimum atomic E-state index is -0.508. The first-order valence-corrected chi connectivity index (χ1v) is 7.47. The van der Waals surface area contributed by atoms with E-state index in [0.717, 1.165) is 51.9 Å². The Hall–Kier alpha value is -0.160. The number of hydrogen-bond donors (Lipinski definition) is 2. The molecule has 0 bridgehead atoms. The van der Waals surface area contributed by atoms with Gasteiger partial charge < -0.3 is 19.9 Å². The molecule has 114 valence electrons. The molecule has 4 nitrogen and oxygen atoms in total. The Kier molecular flexibility index (Phi) is 7.29. The average molecular weight is 273 g/mol. The lowest BCUT2D eigenvalue weighted by Gasteiger charge is -2.40. The summed E-state index contributed by atoms with van der Waals surface area (Å²) in [6.45, 7) is 8.26. The maximum absolute atomic E-state index is 10.5. The lowest BCUT2D eigenvalue weighted by atomic mass is 9.71. The summed E-state index contributed by atoms with van der Waals surface area (Å²) >= 11 is 0. The Bertz CT molecular complexity index is 234. The summed E-state index contributed by atoms with van der Waals surface area (Å²) in [7, 11) is 1.70. The number of nitrogens with one attached hydrogen (secondary N) is 1. The van der Waals surface area contributed by atoms with Crippen molar-refractivity contribution in [3.8, 4) is 0 Å². The second-order valence-corrected chi connectivity index (χ2v) is 6.52. The Morgan fingerprint density at radius 3 is 2.37 bits per heavy atom. The molecule has 1 fully saturated rings. The third-order valence-electron chi connectivity index (χ3n) is 4.05. The Balaban J connectivity index is 2.00. The first-order valence-electron chi connectivity index (χ1n) is 7.47. The monoisotopic (exact) mass is 273 g/mol. The fourth-order valence-corrected chi connectivity index (χ4v) is 2.44. The van der Waals surface area contributed by atoms with Crippen LogP contribution >= 0.6 is 0 Å². The highest BCUT2D eigenvalue weighted by molar-refractivity contribution is 4.90. The van der Waals surface area contributed by atoms with Crippen LogP contribution in [0, 0.1) is 5.41 Å². The summed E-state index contributed by atoms with van der Waals surface area (Å²) in [5.41, 5.74) is -0.109. The van der Waals surface area contributed by atoms with Gasteiger partial charge in [0, 0.05) is 33.4 Å². The Morgan fingerprint density at radius 1 is 1.05 bits per heavy atom. The van der Waals surface area contributed by atoms with Crippen molar-refractivity contribution in [2.75, 3.05) is 40.0 Å². The summed E-state index contributed by atoms with van der Waals surface area (Å²) in [5, 5.41) is 13.8. The minimum Gasteiger partial charge on any atom is -0.389 e. The fourth-order valence-electron chi connectivity index (χ4n) is 2.44. The predicted octanol–water partition coefficient (Wildman–Crippen LogP) is 1.96. The standard InChI is InChI=1S/C15H31NO3/c1-14(2)5-7-15(17,8-6-14)13-16-9-12-19-11-4-10-18-3/h16-17H,4-13H2,1-3H3. The molecule has 0 aliphatic heterocycles. The molecule has 0 amide bonds. The van der Waals surface area contributed by atoms with Gasteiger partial charge in [-0.25, -0.2) is 0 Å². The van der Waals surface area contributed by atoms with E-state index in [1.807, 2.05) is 0 Å². The molecule has 4 heteroatoms. The molecule has 1 saturated carbocycles. The molecule has 0 saturated heterocycles. The van der Waals surface area contributed by atoms with E-state index in [4.69, 9.17) is 9.47 Å². The fraction of sp³-hybridized carbons (Fsp3) is 1.00. The lowest BCUT2D eigenvalue weighted by molar-refractivity contribution is -0.0252. The van der Waals surface area contributed by atoms with Gasteiger partial charge in [-0.2, -0.15) is 0 Å². The highest BCUT2D eigenvalue weighted by atomic mass is 16.5. The number of aliphatic hydroxyl groups is 1. The summed E-state index contributed by atoms with van der Waals surface area (Å²) in [6.07, 6.45) is 4.97. The highest BCUT2D eigenvalue weighted by Crippen LogP contribution is 2.39. The molecule has 1 aliphatic carbocycles. The van der Waals surface area contributed by atoms with Crippen molar-refractivity contribution in [2.45, 2.75) is 51.6 Å². The smallest absolute Gasteiger partial charge is 0.0772 e. The quantitative estimate of drug-likeness (QED) is 0.631.